The van der Waals surface area contributed by atoms with Gasteiger partial charge in [-0.3, -0.25) is 0 Å². The lowest BCUT2D eigenvalue weighted by Gasteiger charge is -1.96. The summed E-state index contributed by atoms with van der Waals surface area (Å²) in [6.07, 6.45) is 12.7. The van der Waals surface area contributed by atoms with Crippen molar-refractivity contribution in [2.24, 2.45) is 0 Å². The first-order chi connectivity index (χ1) is 11.9. The Morgan fingerprint density at radius 2 is 1.00 bits per heavy atom. The minimum atomic E-state index is 0.934. The van der Waals surface area contributed by atoms with Gasteiger partial charge < -0.3 is 0 Å². The van der Waals surface area contributed by atoms with E-state index in [-0.39, 0.29) is 0 Å². The fourth-order valence-corrected chi connectivity index (χ4v) is 2.79. The van der Waals surface area contributed by atoms with Crippen LogP contribution < -0.4 is 9.13 Å². The number of benzene rings is 2. The Balaban J connectivity index is 1.43. The molecule has 2 aromatic heterocycles. The van der Waals surface area contributed by atoms with Crippen molar-refractivity contribution in [2.75, 3.05) is 0 Å². The van der Waals surface area contributed by atoms with E-state index in [1.54, 1.807) is 0 Å². The van der Waals surface area contributed by atoms with Gasteiger partial charge in [-0.05, 0) is 24.3 Å². The third kappa shape index (κ3) is 3.13. The summed E-state index contributed by atoms with van der Waals surface area (Å²) in [5.74, 6) is 0. The van der Waals surface area contributed by atoms with Gasteiger partial charge in [0.15, 0.2) is 0 Å². The average Bonchev–Trinajstić information content (AvgIpc) is 3.31. The van der Waals surface area contributed by atoms with Crippen molar-refractivity contribution in [1.82, 2.24) is 9.13 Å². The van der Waals surface area contributed by atoms with Gasteiger partial charge >= 0.3 is 0 Å². The highest BCUT2D eigenvalue weighted by molar-refractivity contribution is 5.30. The quantitative estimate of drug-likeness (QED) is 0.504. The van der Waals surface area contributed by atoms with Crippen LogP contribution in [0, 0.1) is 0 Å². The molecule has 2 aromatic carbocycles. The Kier molecular flexibility index (Phi) is 3.94. The smallest absolute Gasteiger partial charge is 0.232 e. The Bertz CT molecular complexity index is 829. The molecule has 0 amide bonds. The molecule has 0 N–H and O–H groups in total. The molecule has 24 heavy (non-hydrogen) atoms. The number of aromatic nitrogens is 4. The first-order valence-electron chi connectivity index (χ1n) is 8.13. The lowest BCUT2D eigenvalue weighted by Crippen LogP contribution is -2.42. The number of aryl methyl sites for hydroxylation is 2. The summed E-state index contributed by atoms with van der Waals surface area (Å²) in [5.41, 5.74) is 2.36. The molecular weight excluding hydrogens is 296 g/mol. The van der Waals surface area contributed by atoms with Crippen LogP contribution in [-0.2, 0) is 13.1 Å². The van der Waals surface area contributed by atoms with E-state index >= 15 is 0 Å². The van der Waals surface area contributed by atoms with E-state index in [4.69, 9.17) is 0 Å². The highest BCUT2D eigenvalue weighted by Gasteiger charge is 2.09. The van der Waals surface area contributed by atoms with Gasteiger partial charge in [-0.15, -0.1) is 0 Å². The van der Waals surface area contributed by atoms with Gasteiger partial charge in [-0.1, -0.05) is 36.4 Å². The van der Waals surface area contributed by atoms with Gasteiger partial charge in [0.1, 0.15) is 49.3 Å². The van der Waals surface area contributed by atoms with Gasteiger partial charge in [0.05, 0.1) is 0 Å². The van der Waals surface area contributed by atoms with E-state index in [1.807, 2.05) is 12.1 Å². The number of hydrogen-bond acceptors (Lipinski definition) is 0. The largest absolute Gasteiger partial charge is 0.249 e. The molecule has 0 radical (unpaired) electrons. The lowest BCUT2D eigenvalue weighted by molar-refractivity contribution is -0.777. The SMILES string of the molecule is c1ccc(-n2cc[n+](CC[n+]3ccn(-c4ccccc4)c3)c2)cc1. The normalized spacial score (nSPS) is 10.8. The van der Waals surface area contributed by atoms with Crippen molar-refractivity contribution < 1.29 is 9.13 Å². The van der Waals surface area contributed by atoms with Crippen LogP contribution in [0.1, 0.15) is 0 Å². The van der Waals surface area contributed by atoms with Gasteiger partial charge in [-0.2, -0.15) is 0 Å². The van der Waals surface area contributed by atoms with E-state index in [2.05, 4.69) is 104 Å². The van der Waals surface area contributed by atoms with Crippen LogP contribution in [0.4, 0.5) is 0 Å². The Morgan fingerprint density at radius 1 is 0.583 bits per heavy atom. The molecular formula is C20H20N4+2. The van der Waals surface area contributed by atoms with E-state index in [1.165, 1.54) is 11.4 Å². The number of para-hydroxylation sites is 2. The maximum atomic E-state index is 2.21. The van der Waals surface area contributed by atoms with Crippen LogP contribution >= 0.6 is 0 Å². The summed E-state index contributed by atoms with van der Waals surface area (Å²) in [4.78, 5) is 0. The van der Waals surface area contributed by atoms with Crippen molar-refractivity contribution in [2.45, 2.75) is 13.1 Å². The molecule has 0 aliphatic heterocycles. The molecule has 4 heteroatoms. The van der Waals surface area contributed by atoms with Gasteiger partial charge in [-0.25, -0.2) is 18.3 Å². The first kappa shape index (κ1) is 14.5. The van der Waals surface area contributed by atoms with Gasteiger partial charge in [0, 0.05) is 0 Å². The van der Waals surface area contributed by atoms with Gasteiger partial charge in [0.2, 0.25) is 12.7 Å². The van der Waals surface area contributed by atoms with Crippen LogP contribution in [0.25, 0.3) is 11.4 Å². The third-order valence-corrected chi connectivity index (χ3v) is 4.11. The molecule has 118 valence electrons. The second-order valence-corrected chi connectivity index (χ2v) is 5.79. The van der Waals surface area contributed by atoms with Crippen molar-refractivity contribution >= 4 is 0 Å². The maximum absolute atomic E-state index is 2.21. The van der Waals surface area contributed by atoms with E-state index < -0.39 is 0 Å². The second kappa shape index (κ2) is 6.54. The molecule has 0 aliphatic carbocycles. The molecule has 0 unspecified atom stereocenters. The summed E-state index contributed by atoms with van der Waals surface area (Å²) in [6.45, 7) is 1.87. The molecule has 0 atom stereocenters. The molecule has 4 nitrogen and oxygen atoms in total. The standard InChI is InChI=1S/C20H20N4/c1-3-7-19(8-4-1)23-15-13-21(17-23)11-12-22-14-16-24(18-22)20-9-5-2-6-10-20/h1-10,13-18H,11-12H2/q+2. The van der Waals surface area contributed by atoms with Crippen LogP contribution in [0.3, 0.4) is 0 Å². The summed E-state index contributed by atoms with van der Waals surface area (Å²) in [5, 5.41) is 0. The number of rotatable bonds is 5. The molecule has 0 aliphatic rings. The molecule has 0 spiro atoms. The van der Waals surface area contributed by atoms with Crippen LogP contribution in [0.5, 0.6) is 0 Å². The zero-order valence-electron chi connectivity index (χ0n) is 13.4. The van der Waals surface area contributed by atoms with Crippen molar-refractivity contribution in [3.8, 4) is 11.4 Å². The Hall–Kier alpha value is -3.14. The minimum absolute atomic E-state index is 0.934. The zero-order valence-corrected chi connectivity index (χ0v) is 13.4. The third-order valence-electron chi connectivity index (χ3n) is 4.11. The molecule has 0 saturated carbocycles. The summed E-state index contributed by atoms with van der Waals surface area (Å²) >= 11 is 0. The monoisotopic (exact) mass is 316 g/mol. The Labute approximate surface area is 141 Å². The predicted molar refractivity (Wildman–Crippen MR) is 91.9 cm³/mol. The van der Waals surface area contributed by atoms with Crippen molar-refractivity contribution in [1.29, 1.82) is 0 Å². The van der Waals surface area contributed by atoms with Crippen LogP contribution in [0.2, 0.25) is 0 Å². The highest BCUT2D eigenvalue weighted by Crippen LogP contribution is 2.05. The second-order valence-electron chi connectivity index (χ2n) is 5.79. The van der Waals surface area contributed by atoms with Gasteiger partial charge in [0.25, 0.3) is 0 Å². The molecule has 0 fully saturated rings. The molecule has 0 bridgehead atoms. The predicted octanol–water partition coefficient (Wildman–Crippen LogP) is 2.54. The highest BCUT2D eigenvalue weighted by atomic mass is 15.2. The van der Waals surface area contributed by atoms with Crippen LogP contribution in [-0.4, -0.2) is 9.13 Å². The van der Waals surface area contributed by atoms with Crippen molar-refractivity contribution in [3.05, 3.63) is 98.1 Å². The number of hydrogen-bond donors (Lipinski definition) is 0. The summed E-state index contributed by atoms with van der Waals surface area (Å²) < 4.78 is 8.69. The maximum Gasteiger partial charge on any atom is 0.249 e. The Morgan fingerprint density at radius 3 is 1.42 bits per heavy atom. The zero-order chi connectivity index (χ0) is 16.2. The first-order valence-corrected chi connectivity index (χ1v) is 8.13. The molecule has 0 saturated heterocycles. The topological polar surface area (TPSA) is 17.6 Å². The lowest BCUT2D eigenvalue weighted by atomic mass is 10.3. The van der Waals surface area contributed by atoms with E-state index in [0.29, 0.717) is 0 Å². The minimum Gasteiger partial charge on any atom is -0.232 e. The van der Waals surface area contributed by atoms with E-state index in [9.17, 15) is 0 Å². The number of nitrogens with zero attached hydrogens (tertiary/aromatic N) is 4. The molecule has 4 rings (SSSR count). The molecule has 4 aromatic rings. The van der Waals surface area contributed by atoms with Crippen molar-refractivity contribution in [3.63, 3.8) is 0 Å². The summed E-state index contributed by atoms with van der Waals surface area (Å²) in [7, 11) is 0. The fraction of sp³-hybridized carbons (Fsp3) is 0.100. The summed E-state index contributed by atoms with van der Waals surface area (Å²) in [6, 6.07) is 20.7. The van der Waals surface area contributed by atoms with Crippen LogP contribution in [0.15, 0.2) is 98.1 Å². The fourth-order valence-electron chi connectivity index (χ4n) is 2.79. The van der Waals surface area contributed by atoms with E-state index in [0.717, 1.165) is 13.1 Å². The average molecular weight is 316 g/mol. The molecule has 2 heterocycles. The number of imidazole rings is 2.